The Kier molecular flexibility index (Phi) is 3.54. The molecule has 2 heterocycles. The van der Waals surface area contributed by atoms with Gasteiger partial charge < -0.3 is 14.9 Å². The zero-order valence-electron chi connectivity index (χ0n) is 12.9. The lowest BCUT2D eigenvalue weighted by atomic mass is 10.1. The first-order valence-electron chi connectivity index (χ1n) is 7.60. The standard InChI is InChI=1S/C16H21N3O3/c1-16(2)12(13(16)15(21)22)14(20)19-9-7-18(8-10-19)11-5-3-4-6-17-11/h3-6,12-13H,7-10H2,1-2H3,(H,21,22)/t12-,13-/m0/s1. The molecule has 1 saturated heterocycles. The average molecular weight is 303 g/mol. The molecule has 1 amide bonds. The molecule has 1 aliphatic carbocycles. The summed E-state index contributed by atoms with van der Waals surface area (Å²) in [4.78, 5) is 32.1. The maximum absolute atomic E-state index is 12.6. The number of hydrogen-bond donors (Lipinski definition) is 1. The van der Waals surface area contributed by atoms with E-state index in [0.29, 0.717) is 13.1 Å². The molecule has 0 aromatic carbocycles. The minimum Gasteiger partial charge on any atom is -0.481 e. The number of amides is 1. The molecule has 1 aliphatic heterocycles. The van der Waals surface area contributed by atoms with Crippen LogP contribution in [0.2, 0.25) is 0 Å². The number of nitrogens with zero attached hydrogens (tertiary/aromatic N) is 3. The van der Waals surface area contributed by atoms with E-state index in [-0.39, 0.29) is 11.8 Å². The number of carboxylic acids is 1. The van der Waals surface area contributed by atoms with Crippen LogP contribution in [0.25, 0.3) is 0 Å². The molecular formula is C16H21N3O3. The van der Waals surface area contributed by atoms with Crippen LogP contribution in [0.1, 0.15) is 13.8 Å². The van der Waals surface area contributed by atoms with Gasteiger partial charge in [-0.1, -0.05) is 19.9 Å². The molecule has 1 aromatic heterocycles. The van der Waals surface area contributed by atoms with E-state index >= 15 is 0 Å². The number of aliphatic carboxylic acids is 1. The molecule has 1 N–H and O–H groups in total. The lowest BCUT2D eigenvalue weighted by molar-refractivity contribution is -0.142. The van der Waals surface area contributed by atoms with Crippen molar-refractivity contribution in [3.8, 4) is 0 Å². The molecule has 6 heteroatoms. The predicted octanol–water partition coefficient (Wildman–Crippen LogP) is 1.09. The maximum Gasteiger partial charge on any atom is 0.307 e. The van der Waals surface area contributed by atoms with Crippen molar-refractivity contribution in [2.45, 2.75) is 13.8 Å². The molecule has 0 radical (unpaired) electrons. The fraction of sp³-hybridized carbons (Fsp3) is 0.562. The van der Waals surface area contributed by atoms with Crippen molar-refractivity contribution in [1.82, 2.24) is 9.88 Å². The number of piperazine rings is 1. The fourth-order valence-corrected chi connectivity index (χ4v) is 3.45. The van der Waals surface area contributed by atoms with Gasteiger partial charge in [-0.2, -0.15) is 0 Å². The van der Waals surface area contributed by atoms with Gasteiger partial charge in [0.05, 0.1) is 11.8 Å². The van der Waals surface area contributed by atoms with Crippen LogP contribution in [0.3, 0.4) is 0 Å². The first-order chi connectivity index (χ1) is 10.4. The second kappa shape index (κ2) is 5.26. The van der Waals surface area contributed by atoms with Crippen LogP contribution in [0.5, 0.6) is 0 Å². The van der Waals surface area contributed by atoms with Crippen molar-refractivity contribution in [2.24, 2.45) is 17.3 Å². The Morgan fingerprint density at radius 3 is 2.36 bits per heavy atom. The smallest absolute Gasteiger partial charge is 0.307 e. The molecule has 2 atom stereocenters. The van der Waals surface area contributed by atoms with Crippen molar-refractivity contribution in [3.63, 3.8) is 0 Å². The van der Waals surface area contributed by atoms with Crippen LogP contribution in [-0.2, 0) is 9.59 Å². The highest BCUT2D eigenvalue weighted by Crippen LogP contribution is 2.59. The number of pyridine rings is 1. The van der Waals surface area contributed by atoms with Crippen LogP contribution in [-0.4, -0.2) is 53.0 Å². The zero-order valence-corrected chi connectivity index (χ0v) is 12.9. The van der Waals surface area contributed by atoms with E-state index in [1.807, 2.05) is 32.0 Å². The predicted molar refractivity (Wildman–Crippen MR) is 81.4 cm³/mol. The molecule has 0 unspecified atom stereocenters. The van der Waals surface area contributed by atoms with Gasteiger partial charge in [-0.05, 0) is 17.5 Å². The molecule has 2 fully saturated rings. The summed E-state index contributed by atoms with van der Waals surface area (Å²) in [6.45, 7) is 6.42. The van der Waals surface area contributed by atoms with Crippen LogP contribution in [0, 0.1) is 17.3 Å². The Bertz CT molecular complexity index is 580. The van der Waals surface area contributed by atoms with Crippen LogP contribution in [0.15, 0.2) is 24.4 Å². The van der Waals surface area contributed by atoms with Crippen molar-refractivity contribution < 1.29 is 14.7 Å². The highest BCUT2D eigenvalue weighted by molar-refractivity contribution is 5.91. The Balaban J connectivity index is 1.60. The number of carbonyl (C=O) groups excluding carboxylic acids is 1. The largest absolute Gasteiger partial charge is 0.481 e. The van der Waals surface area contributed by atoms with Gasteiger partial charge in [0, 0.05) is 32.4 Å². The first kappa shape index (κ1) is 14.8. The summed E-state index contributed by atoms with van der Waals surface area (Å²) in [5.74, 6) is -0.890. The Labute approximate surface area is 129 Å². The minimum absolute atomic E-state index is 0.0157. The van der Waals surface area contributed by atoms with Gasteiger partial charge in [-0.25, -0.2) is 4.98 Å². The van der Waals surface area contributed by atoms with E-state index in [9.17, 15) is 14.7 Å². The molecule has 1 aromatic rings. The molecule has 6 nitrogen and oxygen atoms in total. The van der Waals surface area contributed by atoms with Crippen LogP contribution < -0.4 is 4.90 Å². The SMILES string of the molecule is CC1(C)[C@H](C(=O)O)[C@H]1C(=O)N1CCN(c2ccccn2)CC1. The minimum atomic E-state index is -0.865. The number of rotatable bonds is 3. The monoisotopic (exact) mass is 303 g/mol. The second-order valence-electron chi connectivity index (χ2n) is 6.62. The maximum atomic E-state index is 12.6. The van der Waals surface area contributed by atoms with Gasteiger partial charge in [0.1, 0.15) is 5.82 Å². The third-order valence-electron chi connectivity index (χ3n) is 4.92. The quantitative estimate of drug-likeness (QED) is 0.905. The third-order valence-corrected chi connectivity index (χ3v) is 4.92. The summed E-state index contributed by atoms with van der Waals surface area (Å²) >= 11 is 0. The lowest BCUT2D eigenvalue weighted by Crippen LogP contribution is -2.50. The van der Waals surface area contributed by atoms with Gasteiger partial charge in [-0.3, -0.25) is 9.59 Å². The van der Waals surface area contributed by atoms with E-state index in [2.05, 4.69) is 9.88 Å². The van der Waals surface area contributed by atoms with Crippen molar-refractivity contribution in [3.05, 3.63) is 24.4 Å². The van der Waals surface area contributed by atoms with Gasteiger partial charge in [0.2, 0.25) is 5.91 Å². The van der Waals surface area contributed by atoms with Gasteiger partial charge in [-0.15, -0.1) is 0 Å². The fourth-order valence-electron chi connectivity index (χ4n) is 3.45. The van der Waals surface area contributed by atoms with E-state index < -0.39 is 17.3 Å². The Morgan fingerprint density at radius 1 is 1.18 bits per heavy atom. The van der Waals surface area contributed by atoms with Crippen molar-refractivity contribution in [1.29, 1.82) is 0 Å². The molecule has 22 heavy (non-hydrogen) atoms. The summed E-state index contributed by atoms with van der Waals surface area (Å²) < 4.78 is 0. The van der Waals surface area contributed by atoms with Crippen molar-refractivity contribution in [2.75, 3.05) is 31.1 Å². The molecule has 118 valence electrons. The topological polar surface area (TPSA) is 73.7 Å². The number of carbonyl (C=O) groups is 2. The summed E-state index contributed by atoms with van der Waals surface area (Å²) in [5, 5.41) is 9.21. The Hall–Kier alpha value is -2.11. The number of carboxylic acid groups (broad SMARTS) is 1. The lowest BCUT2D eigenvalue weighted by Gasteiger charge is -2.35. The van der Waals surface area contributed by atoms with Crippen LogP contribution in [0.4, 0.5) is 5.82 Å². The number of anilines is 1. The zero-order chi connectivity index (χ0) is 15.9. The summed E-state index contributed by atoms with van der Waals surface area (Å²) in [6, 6.07) is 5.79. The van der Waals surface area contributed by atoms with Crippen LogP contribution >= 0.6 is 0 Å². The third kappa shape index (κ3) is 2.42. The summed E-state index contributed by atoms with van der Waals surface area (Å²) in [7, 11) is 0. The van der Waals surface area contributed by atoms with E-state index in [1.165, 1.54) is 0 Å². The molecular weight excluding hydrogens is 282 g/mol. The average Bonchev–Trinajstić information content (AvgIpc) is 3.10. The molecule has 0 spiro atoms. The molecule has 1 saturated carbocycles. The number of hydrogen-bond acceptors (Lipinski definition) is 4. The molecule has 2 aliphatic rings. The molecule has 0 bridgehead atoms. The van der Waals surface area contributed by atoms with Gasteiger partial charge in [0.15, 0.2) is 0 Å². The van der Waals surface area contributed by atoms with Gasteiger partial charge in [0.25, 0.3) is 0 Å². The highest BCUT2D eigenvalue weighted by atomic mass is 16.4. The number of aromatic nitrogens is 1. The first-order valence-corrected chi connectivity index (χ1v) is 7.60. The summed E-state index contributed by atoms with van der Waals surface area (Å²) in [6.07, 6.45) is 1.76. The van der Waals surface area contributed by atoms with E-state index in [0.717, 1.165) is 18.9 Å². The highest BCUT2D eigenvalue weighted by Gasteiger charge is 2.66. The van der Waals surface area contributed by atoms with Crippen molar-refractivity contribution >= 4 is 17.7 Å². The van der Waals surface area contributed by atoms with E-state index in [1.54, 1.807) is 11.1 Å². The van der Waals surface area contributed by atoms with E-state index in [4.69, 9.17) is 0 Å². The van der Waals surface area contributed by atoms with Gasteiger partial charge >= 0.3 is 5.97 Å². The normalized spacial score (nSPS) is 26.6. The summed E-state index contributed by atoms with van der Waals surface area (Å²) in [5.41, 5.74) is -0.430. The second-order valence-corrected chi connectivity index (χ2v) is 6.62. The molecule has 3 rings (SSSR count). The Morgan fingerprint density at radius 2 is 1.86 bits per heavy atom.